The Labute approximate surface area is 132 Å². The van der Waals surface area contributed by atoms with Gasteiger partial charge in [-0.2, -0.15) is 0 Å². The average molecular weight is 324 g/mol. The van der Waals surface area contributed by atoms with Gasteiger partial charge in [0.05, 0.1) is 5.75 Å². The van der Waals surface area contributed by atoms with Crippen molar-refractivity contribution in [1.82, 2.24) is 9.62 Å². The van der Waals surface area contributed by atoms with Crippen LogP contribution in [0.3, 0.4) is 0 Å². The van der Waals surface area contributed by atoms with Crippen molar-refractivity contribution in [3.8, 4) is 0 Å². The van der Waals surface area contributed by atoms with E-state index in [1.165, 1.54) is 0 Å². The Kier molecular flexibility index (Phi) is 5.58. The third kappa shape index (κ3) is 4.55. The van der Waals surface area contributed by atoms with Crippen molar-refractivity contribution in [3.05, 3.63) is 35.4 Å². The molecule has 6 heteroatoms. The van der Waals surface area contributed by atoms with Crippen molar-refractivity contribution in [1.29, 1.82) is 0 Å². The highest BCUT2D eigenvalue weighted by molar-refractivity contribution is 7.88. The Morgan fingerprint density at radius 2 is 1.73 bits per heavy atom. The lowest BCUT2D eigenvalue weighted by Gasteiger charge is -2.25. The van der Waals surface area contributed by atoms with Crippen molar-refractivity contribution in [2.24, 2.45) is 0 Å². The topological polar surface area (TPSA) is 66.5 Å². The highest BCUT2D eigenvalue weighted by Gasteiger charge is 2.24. The maximum Gasteiger partial charge on any atom is 0.251 e. The van der Waals surface area contributed by atoms with Crippen LogP contribution in [0.2, 0.25) is 0 Å². The van der Waals surface area contributed by atoms with Crippen LogP contribution >= 0.6 is 0 Å². The fraction of sp³-hybridized carbons (Fsp3) is 0.562. The Morgan fingerprint density at radius 1 is 1.14 bits per heavy atom. The van der Waals surface area contributed by atoms with E-state index in [1.807, 2.05) is 13.8 Å². The zero-order chi connectivity index (χ0) is 16.2. The van der Waals surface area contributed by atoms with Gasteiger partial charge in [0.25, 0.3) is 5.91 Å². The Morgan fingerprint density at radius 3 is 2.27 bits per heavy atom. The van der Waals surface area contributed by atoms with Crippen LogP contribution in [0.25, 0.3) is 0 Å². The maximum atomic E-state index is 12.4. The summed E-state index contributed by atoms with van der Waals surface area (Å²) in [6.45, 7) is 5.04. The minimum atomic E-state index is -3.26. The van der Waals surface area contributed by atoms with Gasteiger partial charge < -0.3 is 5.32 Å². The van der Waals surface area contributed by atoms with Crippen LogP contribution in [0.5, 0.6) is 0 Å². The normalized spacial score (nSPS) is 16.7. The van der Waals surface area contributed by atoms with E-state index in [-0.39, 0.29) is 17.7 Å². The third-order valence-corrected chi connectivity index (χ3v) is 5.54. The number of hydrogen-bond acceptors (Lipinski definition) is 3. The SMILES string of the molecule is CC(C)NC(=O)c1ccc(CS(=O)(=O)N2CCCCC2)cc1. The fourth-order valence-corrected chi connectivity index (χ4v) is 4.15. The van der Waals surface area contributed by atoms with Crippen molar-refractivity contribution in [2.45, 2.75) is 44.9 Å². The first kappa shape index (κ1) is 17.0. The molecule has 1 heterocycles. The molecule has 22 heavy (non-hydrogen) atoms. The number of rotatable bonds is 5. The summed E-state index contributed by atoms with van der Waals surface area (Å²) in [6.07, 6.45) is 2.98. The second-order valence-electron chi connectivity index (χ2n) is 6.04. The molecule has 1 amide bonds. The van der Waals surface area contributed by atoms with Gasteiger partial charge in [0.15, 0.2) is 0 Å². The van der Waals surface area contributed by atoms with Gasteiger partial charge >= 0.3 is 0 Å². The summed E-state index contributed by atoms with van der Waals surface area (Å²) in [5.41, 5.74) is 1.26. The molecule has 1 saturated heterocycles. The number of sulfonamides is 1. The zero-order valence-corrected chi connectivity index (χ0v) is 14.0. The molecule has 0 aromatic heterocycles. The summed E-state index contributed by atoms with van der Waals surface area (Å²) in [7, 11) is -3.26. The van der Waals surface area contributed by atoms with Crippen LogP contribution in [0.4, 0.5) is 0 Å². The number of carbonyl (C=O) groups is 1. The standard InChI is InChI=1S/C16H24N2O3S/c1-13(2)17-16(19)15-8-6-14(7-9-15)12-22(20,21)18-10-4-3-5-11-18/h6-9,13H,3-5,10-12H2,1-2H3,(H,17,19). The second-order valence-corrected chi connectivity index (χ2v) is 8.01. The Hall–Kier alpha value is -1.40. The summed E-state index contributed by atoms with van der Waals surface area (Å²) in [5, 5.41) is 2.81. The Bertz CT molecular complexity index is 603. The number of piperidine rings is 1. The number of nitrogens with zero attached hydrogens (tertiary/aromatic N) is 1. The lowest BCUT2D eigenvalue weighted by Crippen LogP contribution is -2.36. The molecule has 122 valence electrons. The van der Waals surface area contributed by atoms with E-state index in [0.29, 0.717) is 24.2 Å². The quantitative estimate of drug-likeness (QED) is 0.902. The van der Waals surface area contributed by atoms with Crippen LogP contribution in [-0.2, 0) is 15.8 Å². The van der Waals surface area contributed by atoms with Crippen LogP contribution in [0.1, 0.15) is 49.0 Å². The largest absolute Gasteiger partial charge is 0.350 e. The highest BCUT2D eigenvalue weighted by atomic mass is 32.2. The van der Waals surface area contributed by atoms with E-state index in [0.717, 1.165) is 19.3 Å². The predicted molar refractivity (Wildman–Crippen MR) is 87.1 cm³/mol. The molecular weight excluding hydrogens is 300 g/mol. The third-order valence-electron chi connectivity index (χ3n) is 3.69. The molecule has 2 rings (SSSR count). The summed E-state index contributed by atoms with van der Waals surface area (Å²) in [5.74, 6) is -0.139. The van der Waals surface area contributed by atoms with Crippen molar-refractivity contribution >= 4 is 15.9 Å². The maximum absolute atomic E-state index is 12.4. The number of hydrogen-bond donors (Lipinski definition) is 1. The van der Waals surface area contributed by atoms with Gasteiger partial charge in [-0.05, 0) is 44.4 Å². The number of carbonyl (C=O) groups excluding carboxylic acids is 1. The molecule has 0 unspecified atom stereocenters. The molecule has 1 aliphatic rings. The minimum absolute atomic E-state index is 0.000913. The molecule has 0 radical (unpaired) electrons. The number of benzene rings is 1. The van der Waals surface area contributed by atoms with E-state index < -0.39 is 10.0 Å². The van der Waals surface area contributed by atoms with Crippen LogP contribution in [0, 0.1) is 0 Å². The molecule has 0 bridgehead atoms. The van der Waals surface area contributed by atoms with E-state index in [9.17, 15) is 13.2 Å². The molecule has 1 aliphatic heterocycles. The van der Waals surface area contributed by atoms with Gasteiger partial charge in [0, 0.05) is 24.7 Å². The first-order valence-electron chi connectivity index (χ1n) is 7.76. The van der Waals surface area contributed by atoms with Crippen LogP contribution in [0.15, 0.2) is 24.3 Å². The summed E-state index contributed by atoms with van der Waals surface area (Å²) in [6, 6.07) is 6.87. The first-order chi connectivity index (χ1) is 10.4. The summed E-state index contributed by atoms with van der Waals surface area (Å²) < 4.78 is 26.3. The molecule has 1 aromatic carbocycles. The molecule has 0 aliphatic carbocycles. The predicted octanol–water partition coefficient (Wildman–Crippen LogP) is 2.14. The highest BCUT2D eigenvalue weighted by Crippen LogP contribution is 2.17. The van der Waals surface area contributed by atoms with Crippen molar-refractivity contribution < 1.29 is 13.2 Å². The fourth-order valence-electron chi connectivity index (χ4n) is 2.54. The lowest BCUT2D eigenvalue weighted by atomic mass is 10.1. The minimum Gasteiger partial charge on any atom is -0.350 e. The monoisotopic (exact) mass is 324 g/mol. The van der Waals surface area contributed by atoms with Crippen molar-refractivity contribution in [2.75, 3.05) is 13.1 Å². The van der Waals surface area contributed by atoms with Gasteiger partial charge in [0.2, 0.25) is 10.0 Å². The van der Waals surface area contributed by atoms with Gasteiger partial charge in [-0.15, -0.1) is 0 Å². The zero-order valence-electron chi connectivity index (χ0n) is 13.2. The van der Waals surface area contributed by atoms with Gasteiger partial charge in [-0.25, -0.2) is 12.7 Å². The molecule has 0 saturated carbocycles. The molecule has 0 atom stereocenters. The van der Waals surface area contributed by atoms with E-state index in [4.69, 9.17) is 0 Å². The average Bonchev–Trinajstić information content (AvgIpc) is 2.48. The number of amides is 1. The Balaban J connectivity index is 2.03. The van der Waals surface area contributed by atoms with Gasteiger partial charge in [0.1, 0.15) is 0 Å². The second kappa shape index (κ2) is 7.24. The molecule has 0 spiro atoms. The molecule has 5 nitrogen and oxygen atoms in total. The van der Waals surface area contributed by atoms with Gasteiger partial charge in [-0.1, -0.05) is 18.6 Å². The van der Waals surface area contributed by atoms with E-state index in [1.54, 1.807) is 28.6 Å². The summed E-state index contributed by atoms with van der Waals surface area (Å²) >= 11 is 0. The van der Waals surface area contributed by atoms with E-state index >= 15 is 0 Å². The van der Waals surface area contributed by atoms with Gasteiger partial charge in [-0.3, -0.25) is 4.79 Å². The number of nitrogens with one attached hydrogen (secondary N) is 1. The smallest absolute Gasteiger partial charge is 0.251 e. The molecule has 1 fully saturated rings. The molecule has 1 N–H and O–H groups in total. The molecule has 1 aromatic rings. The van der Waals surface area contributed by atoms with Crippen LogP contribution < -0.4 is 5.32 Å². The van der Waals surface area contributed by atoms with Crippen molar-refractivity contribution in [3.63, 3.8) is 0 Å². The van der Waals surface area contributed by atoms with E-state index in [2.05, 4.69) is 5.32 Å². The van der Waals surface area contributed by atoms with Crippen LogP contribution in [-0.4, -0.2) is 37.8 Å². The summed E-state index contributed by atoms with van der Waals surface area (Å²) in [4.78, 5) is 11.9. The first-order valence-corrected chi connectivity index (χ1v) is 9.37. The molecular formula is C16H24N2O3S. The lowest BCUT2D eigenvalue weighted by molar-refractivity contribution is 0.0943.